The summed E-state index contributed by atoms with van der Waals surface area (Å²) in [4.78, 5) is 0. The smallest absolute Gasteiger partial charge is 0.104 e. The van der Waals surface area contributed by atoms with Crippen molar-refractivity contribution < 1.29 is 0 Å². The van der Waals surface area contributed by atoms with E-state index in [1.165, 1.54) is 5.56 Å². The molecule has 0 saturated carbocycles. The van der Waals surface area contributed by atoms with Gasteiger partial charge in [-0.15, -0.1) is 11.8 Å². The molecule has 3 heteroatoms. The Balaban J connectivity index is 2.16. The van der Waals surface area contributed by atoms with Crippen molar-refractivity contribution in [2.24, 2.45) is 0 Å². The van der Waals surface area contributed by atoms with E-state index >= 15 is 0 Å². The molecule has 62 valence electrons. The van der Waals surface area contributed by atoms with Crippen LogP contribution in [0.1, 0.15) is 10.8 Å². The molecule has 0 bridgehead atoms. The molecule has 0 amide bonds. The second kappa shape index (κ2) is 3.81. The predicted octanol–water partition coefficient (Wildman–Crippen LogP) is 3.49. The third-order valence-corrected chi connectivity index (χ3v) is 4.91. The van der Waals surface area contributed by atoms with Gasteiger partial charge < -0.3 is 0 Å². The molecule has 0 aliphatic carbocycles. The summed E-state index contributed by atoms with van der Waals surface area (Å²) >= 11 is 8.73. The highest BCUT2D eigenvalue weighted by atomic mass is 32.2. The van der Waals surface area contributed by atoms with E-state index in [4.69, 9.17) is 12.2 Å². The fraction of sp³-hybridized carbons (Fsp3) is 0.222. The van der Waals surface area contributed by atoms with Crippen LogP contribution in [0.3, 0.4) is 0 Å². The number of hydrogen-bond acceptors (Lipinski definition) is 3. The molecule has 1 fully saturated rings. The maximum absolute atomic E-state index is 5.12. The largest absolute Gasteiger partial charge is 0.106 e. The van der Waals surface area contributed by atoms with Crippen LogP contribution in [0.25, 0.3) is 0 Å². The average molecular weight is 212 g/mol. The van der Waals surface area contributed by atoms with Crippen molar-refractivity contribution in [2.45, 2.75) is 5.25 Å². The van der Waals surface area contributed by atoms with Crippen LogP contribution in [0, 0.1) is 0 Å². The van der Waals surface area contributed by atoms with Gasteiger partial charge in [-0.3, -0.25) is 0 Å². The summed E-state index contributed by atoms with van der Waals surface area (Å²) in [6, 6.07) is 10.6. The Morgan fingerprint density at radius 2 is 2.00 bits per heavy atom. The third-order valence-electron chi connectivity index (χ3n) is 1.76. The molecule has 0 aromatic heterocycles. The van der Waals surface area contributed by atoms with Gasteiger partial charge >= 0.3 is 0 Å². The Hall–Kier alpha value is 0.01000. The van der Waals surface area contributed by atoms with Crippen LogP contribution < -0.4 is 0 Å². The second-order valence-corrected chi connectivity index (χ2v) is 6.00. The summed E-state index contributed by atoms with van der Waals surface area (Å²) in [6.45, 7) is 0. The molecule has 0 nitrogen and oxygen atoms in total. The summed E-state index contributed by atoms with van der Waals surface area (Å²) < 4.78 is 1.09. The Bertz CT molecular complexity index is 281. The highest BCUT2D eigenvalue weighted by molar-refractivity contribution is 8.49. The van der Waals surface area contributed by atoms with Gasteiger partial charge in [0, 0.05) is 11.0 Å². The standard InChI is InChI=1S/C9H8S3/c10-9-11-6-8(12-9)7-4-2-1-3-5-7/h1-5,8H,6H2. The van der Waals surface area contributed by atoms with E-state index in [2.05, 4.69) is 30.3 Å². The quantitative estimate of drug-likeness (QED) is 0.654. The molecule has 2 rings (SSSR count). The lowest BCUT2D eigenvalue weighted by Gasteiger charge is -2.05. The molecular formula is C9H8S3. The summed E-state index contributed by atoms with van der Waals surface area (Å²) in [7, 11) is 0. The van der Waals surface area contributed by atoms with Crippen molar-refractivity contribution >= 4 is 39.3 Å². The van der Waals surface area contributed by atoms with E-state index in [1.807, 2.05) is 11.8 Å². The van der Waals surface area contributed by atoms with E-state index in [9.17, 15) is 0 Å². The molecule has 12 heavy (non-hydrogen) atoms. The normalized spacial score (nSPS) is 23.0. The average Bonchev–Trinajstić information content (AvgIpc) is 2.54. The number of thioether (sulfide) groups is 2. The van der Waals surface area contributed by atoms with Gasteiger partial charge in [-0.05, 0) is 5.56 Å². The van der Waals surface area contributed by atoms with Gasteiger partial charge in [0.1, 0.15) is 3.53 Å². The molecule has 1 unspecified atom stereocenters. The zero-order chi connectivity index (χ0) is 8.39. The molecule has 0 spiro atoms. The Labute approximate surface area is 86.1 Å². The molecule has 0 N–H and O–H groups in total. The minimum Gasteiger partial charge on any atom is -0.106 e. The molecular weight excluding hydrogens is 204 g/mol. The van der Waals surface area contributed by atoms with Crippen LogP contribution in [0.2, 0.25) is 0 Å². The van der Waals surface area contributed by atoms with Crippen molar-refractivity contribution in [3.63, 3.8) is 0 Å². The van der Waals surface area contributed by atoms with Crippen LogP contribution in [0.4, 0.5) is 0 Å². The molecule has 1 atom stereocenters. The fourth-order valence-corrected chi connectivity index (χ4v) is 4.02. The van der Waals surface area contributed by atoms with E-state index in [0.717, 1.165) is 9.28 Å². The molecule has 1 saturated heterocycles. The number of benzene rings is 1. The van der Waals surface area contributed by atoms with E-state index in [-0.39, 0.29) is 0 Å². The van der Waals surface area contributed by atoms with Gasteiger partial charge in [0.2, 0.25) is 0 Å². The van der Waals surface area contributed by atoms with Gasteiger partial charge in [-0.2, -0.15) is 0 Å². The summed E-state index contributed by atoms with van der Waals surface area (Å²) in [5, 5.41) is 0.587. The third kappa shape index (κ3) is 1.84. The first-order chi connectivity index (χ1) is 5.86. The number of hydrogen-bond donors (Lipinski definition) is 0. The van der Waals surface area contributed by atoms with Crippen molar-refractivity contribution in [3.8, 4) is 0 Å². The number of thiocarbonyl (C=S) groups is 1. The molecule has 1 aromatic carbocycles. The minimum atomic E-state index is 0.587. The SMILES string of the molecule is S=C1SCC(c2ccccc2)S1. The summed E-state index contributed by atoms with van der Waals surface area (Å²) in [5.41, 5.74) is 1.40. The van der Waals surface area contributed by atoms with Crippen LogP contribution in [0.5, 0.6) is 0 Å². The maximum Gasteiger partial charge on any atom is 0.104 e. The molecule has 1 heterocycles. The van der Waals surface area contributed by atoms with E-state index in [0.29, 0.717) is 5.25 Å². The number of rotatable bonds is 1. The first-order valence-electron chi connectivity index (χ1n) is 3.74. The zero-order valence-electron chi connectivity index (χ0n) is 6.40. The van der Waals surface area contributed by atoms with Crippen molar-refractivity contribution in [3.05, 3.63) is 35.9 Å². The van der Waals surface area contributed by atoms with Gasteiger partial charge in [0.25, 0.3) is 0 Å². The first-order valence-corrected chi connectivity index (χ1v) is 6.02. The van der Waals surface area contributed by atoms with Crippen LogP contribution >= 0.6 is 35.7 Å². The lowest BCUT2D eigenvalue weighted by molar-refractivity contribution is 1.13. The Kier molecular flexibility index (Phi) is 2.73. The molecule has 1 aromatic rings. The Morgan fingerprint density at radius 3 is 2.58 bits per heavy atom. The van der Waals surface area contributed by atoms with Crippen LogP contribution in [-0.2, 0) is 0 Å². The van der Waals surface area contributed by atoms with Gasteiger partial charge in [-0.1, -0.05) is 54.3 Å². The van der Waals surface area contributed by atoms with Crippen LogP contribution in [0.15, 0.2) is 30.3 Å². The second-order valence-electron chi connectivity index (χ2n) is 2.58. The lowest BCUT2D eigenvalue weighted by atomic mass is 10.2. The molecule has 0 radical (unpaired) electrons. The Morgan fingerprint density at radius 1 is 1.25 bits per heavy atom. The van der Waals surface area contributed by atoms with Crippen molar-refractivity contribution in [2.75, 3.05) is 5.75 Å². The monoisotopic (exact) mass is 212 g/mol. The highest BCUT2D eigenvalue weighted by Gasteiger charge is 2.21. The van der Waals surface area contributed by atoms with E-state index in [1.54, 1.807) is 11.8 Å². The van der Waals surface area contributed by atoms with E-state index < -0.39 is 0 Å². The summed E-state index contributed by atoms with van der Waals surface area (Å²) in [5.74, 6) is 1.13. The first kappa shape index (κ1) is 8.60. The van der Waals surface area contributed by atoms with Gasteiger partial charge in [0.15, 0.2) is 0 Å². The summed E-state index contributed by atoms with van der Waals surface area (Å²) in [6.07, 6.45) is 0. The van der Waals surface area contributed by atoms with Crippen LogP contribution in [-0.4, -0.2) is 9.28 Å². The predicted molar refractivity (Wildman–Crippen MR) is 61.8 cm³/mol. The van der Waals surface area contributed by atoms with Crippen molar-refractivity contribution in [1.82, 2.24) is 0 Å². The molecule has 1 aliphatic rings. The maximum atomic E-state index is 5.12. The van der Waals surface area contributed by atoms with Gasteiger partial charge in [-0.25, -0.2) is 0 Å². The zero-order valence-corrected chi connectivity index (χ0v) is 8.85. The van der Waals surface area contributed by atoms with Crippen molar-refractivity contribution in [1.29, 1.82) is 0 Å². The fourth-order valence-electron chi connectivity index (χ4n) is 1.16. The molecule has 1 aliphatic heterocycles. The van der Waals surface area contributed by atoms with Gasteiger partial charge in [0.05, 0.1) is 0 Å². The topological polar surface area (TPSA) is 0 Å². The minimum absolute atomic E-state index is 0.587. The lowest BCUT2D eigenvalue weighted by Crippen LogP contribution is -1.90. The highest BCUT2D eigenvalue weighted by Crippen LogP contribution is 2.43.